The quantitative estimate of drug-likeness (QED) is 0.673. The van der Waals surface area contributed by atoms with Crippen molar-refractivity contribution in [3.63, 3.8) is 0 Å². The van der Waals surface area contributed by atoms with Crippen molar-refractivity contribution in [3.05, 3.63) is 65.8 Å². The van der Waals surface area contributed by atoms with Crippen molar-refractivity contribution in [2.45, 2.75) is 6.04 Å². The van der Waals surface area contributed by atoms with E-state index in [1.165, 1.54) is 0 Å². The second-order valence-corrected chi connectivity index (χ2v) is 7.72. The highest BCUT2D eigenvalue weighted by Gasteiger charge is 2.26. The Hall–Kier alpha value is -2.64. The number of pyridine rings is 1. The molecule has 3 N–H and O–H groups in total. The van der Waals surface area contributed by atoms with E-state index in [2.05, 4.69) is 15.3 Å². The minimum Gasteiger partial charge on any atom is -0.397 e. The fraction of sp³-hybridized carbons (Fsp3) is 0.105. The lowest BCUT2D eigenvalue weighted by Gasteiger charge is -2.12. The number of nitrogen functional groups attached to an aromatic ring is 1. The largest absolute Gasteiger partial charge is 0.397 e. The van der Waals surface area contributed by atoms with Crippen LogP contribution in [0, 0.1) is 0 Å². The van der Waals surface area contributed by atoms with E-state index in [9.17, 15) is 4.79 Å². The number of benzene rings is 1. The molecule has 4 rings (SSSR count). The molecular formula is C19H16N4OS2. The monoisotopic (exact) mass is 380 g/mol. The first-order valence-electron chi connectivity index (χ1n) is 8.06. The molecule has 0 radical (unpaired) electrons. The molecule has 1 aromatic carbocycles. The summed E-state index contributed by atoms with van der Waals surface area (Å²) < 4.78 is 0. The van der Waals surface area contributed by atoms with Crippen molar-refractivity contribution < 1.29 is 4.79 Å². The number of thioether (sulfide) groups is 1. The Balaban J connectivity index is 1.52. The number of anilines is 2. The predicted octanol–water partition coefficient (Wildman–Crippen LogP) is 3.89. The van der Waals surface area contributed by atoms with Gasteiger partial charge in [-0.2, -0.15) is 0 Å². The number of hydrogen-bond acceptors (Lipinski definition) is 6. The Morgan fingerprint density at radius 2 is 2.00 bits per heavy atom. The van der Waals surface area contributed by atoms with Crippen LogP contribution >= 0.6 is 23.1 Å². The molecule has 1 amide bonds. The van der Waals surface area contributed by atoms with Crippen molar-refractivity contribution in [2.24, 2.45) is 4.99 Å². The summed E-state index contributed by atoms with van der Waals surface area (Å²) in [6.45, 7) is 0. The number of amides is 1. The lowest BCUT2D eigenvalue weighted by molar-refractivity contribution is -0.116. The molecule has 0 saturated heterocycles. The van der Waals surface area contributed by atoms with Gasteiger partial charge in [0.05, 0.1) is 16.4 Å². The van der Waals surface area contributed by atoms with Crippen LogP contribution in [-0.4, -0.2) is 27.7 Å². The molecule has 26 heavy (non-hydrogen) atoms. The smallest absolute Gasteiger partial charge is 0.250 e. The molecule has 0 fully saturated rings. The number of hydrogen-bond donors (Lipinski definition) is 2. The van der Waals surface area contributed by atoms with Gasteiger partial charge in [-0.25, -0.2) is 0 Å². The number of nitrogens with one attached hydrogen (secondary N) is 1. The van der Waals surface area contributed by atoms with Crippen LogP contribution in [0.2, 0.25) is 0 Å². The SMILES string of the molecule is Nc1ccc(-c2cccs2)cc1NC(=O)C1CSC(c2ccncc2)=N1. The summed E-state index contributed by atoms with van der Waals surface area (Å²) in [5.74, 6) is 0.477. The summed E-state index contributed by atoms with van der Waals surface area (Å²) in [5.41, 5.74) is 9.24. The maximum absolute atomic E-state index is 12.6. The summed E-state index contributed by atoms with van der Waals surface area (Å²) in [7, 11) is 0. The van der Waals surface area contributed by atoms with Gasteiger partial charge in [0.1, 0.15) is 6.04 Å². The molecule has 130 valence electrons. The van der Waals surface area contributed by atoms with Crippen molar-refractivity contribution in [3.8, 4) is 10.4 Å². The lowest BCUT2D eigenvalue weighted by atomic mass is 10.1. The van der Waals surface area contributed by atoms with E-state index in [-0.39, 0.29) is 5.91 Å². The number of nitrogens with zero attached hydrogens (tertiary/aromatic N) is 2. The number of aliphatic imine (C=N–C) groups is 1. The van der Waals surface area contributed by atoms with Crippen LogP contribution < -0.4 is 11.1 Å². The second-order valence-electron chi connectivity index (χ2n) is 5.77. The molecular weight excluding hydrogens is 364 g/mol. The standard InChI is InChI=1S/C19H16N4OS2/c20-14-4-3-13(17-2-1-9-25-17)10-15(14)22-18(24)16-11-26-19(23-16)12-5-7-21-8-6-12/h1-10,16H,11,20H2,(H,22,24). The number of carbonyl (C=O) groups excluding carboxylic acids is 1. The second kappa shape index (κ2) is 7.31. The van der Waals surface area contributed by atoms with Crippen molar-refractivity contribution >= 4 is 45.4 Å². The molecule has 1 unspecified atom stereocenters. The molecule has 0 aliphatic carbocycles. The molecule has 0 bridgehead atoms. The highest BCUT2D eigenvalue weighted by molar-refractivity contribution is 8.14. The number of rotatable bonds is 4. The lowest BCUT2D eigenvalue weighted by Crippen LogP contribution is -2.26. The summed E-state index contributed by atoms with van der Waals surface area (Å²) in [5, 5.41) is 5.83. The maximum Gasteiger partial charge on any atom is 0.250 e. The zero-order valence-corrected chi connectivity index (χ0v) is 15.4. The first kappa shape index (κ1) is 16.8. The Bertz CT molecular complexity index is 955. The van der Waals surface area contributed by atoms with Gasteiger partial charge < -0.3 is 11.1 Å². The number of aromatic nitrogens is 1. The number of carbonyl (C=O) groups is 1. The van der Waals surface area contributed by atoms with Gasteiger partial charge in [0.25, 0.3) is 0 Å². The van der Waals surface area contributed by atoms with E-state index < -0.39 is 6.04 Å². The van der Waals surface area contributed by atoms with Crippen molar-refractivity contribution in [1.29, 1.82) is 0 Å². The van der Waals surface area contributed by atoms with Gasteiger partial charge in [0, 0.05) is 28.6 Å². The molecule has 1 atom stereocenters. The van der Waals surface area contributed by atoms with Crippen LogP contribution in [0.25, 0.3) is 10.4 Å². The van der Waals surface area contributed by atoms with Crippen molar-refractivity contribution in [2.75, 3.05) is 16.8 Å². The van der Waals surface area contributed by atoms with Crippen LogP contribution in [0.1, 0.15) is 5.56 Å². The highest BCUT2D eigenvalue weighted by Crippen LogP contribution is 2.31. The average Bonchev–Trinajstić information content (AvgIpc) is 3.36. The van der Waals surface area contributed by atoms with E-state index in [0.29, 0.717) is 17.1 Å². The van der Waals surface area contributed by atoms with Gasteiger partial charge in [0.2, 0.25) is 5.91 Å². The van der Waals surface area contributed by atoms with E-state index in [1.807, 2.05) is 47.8 Å². The fourth-order valence-corrected chi connectivity index (χ4v) is 4.41. The topological polar surface area (TPSA) is 80.4 Å². The Morgan fingerprint density at radius 1 is 1.15 bits per heavy atom. The van der Waals surface area contributed by atoms with Gasteiger partial charge in [-0.3, -0.25) is 14.8 Å². The molecule has 1 aliphatic rings. The van der Waals surface area contributed by atoms with Gasteiger partial charge in [-0.1, -0.05) is 12.1 Å². The number of nitrogens with two attached hydrogens (primary N) is 1. The molecule has 1 aliphatic heterocycles. The normalized spacial score (nSPS) is 16.3. The zero-order valence-electron chi connectivity index (χ0n) is 13.8. The van der Waals surface area contributed by atoms with Gasteiger partial charge in [0.15, 0.2) is 0 Å². The van der Waals surface area contributed by atoms with Gasteiger partial charge >= 0.3 is 0 Å². The third kappa shape index (κ3) is 3.49. The van der Waals surface area contributed by atoms with E-state index in [4.69, 9.17) is 5.73 Å². The Kier molecular flexibility index (Phi) is 4.73. The third-order valence-electron chi connectivity index (χ3n) is 4.00. The van der Waals surface area contributed by atoms with Crippen LogP contribution in [0.4, 0.5) is 11.4 Å². The number of thiophene rings is 1. The third-order valence-corrected chi connectivity index (χ3v) is 6.01. The zero-order chi connectivity index (χ0) is 17.9. The Morgan fingerprint density at radius 3 is 2.77 bits per heavy atom. The summed E-state index contributed by atoms with van der Waals surface area (Å²) in [6, 6.07) is 13.1. The maximum atomic E-state index is 12.6. The molecule has 3 heterocycles. The average molecular weight is 380 g/mol. The van der Waals surface area contributed by atoms with E-state index in [0.717, 1.165) is 21.0 Å². The predicted molar refractivity (Wildman–Crippen MR) is 110 cm³/mol. The first-order valence-corrected chi connectivity index (χ1v) is 9.92. The van der Waals surface area contributed by atoms with Crippen molar-refractivity contribution in [1.82, 2.24) is 4.98 Å². The molecule has 3 aromatic rings. The first-order chi connectivity index (χ1) is 12.7. The molecule has 7 heteroatoms. The highest BCUT2D eigenvalue weighted by atomic mass is 32.2. The Labute approximate surface area is 159 Å². The molecule has 0 spiro atoms. The minimum atomic E-state index is -0.423. The van der Waals surface area contributed by atoms with E-state index >= 15 is 0 Å². The van der Waals surface area contributed by atoms with Crippen LogP contribution in [0.15, 0.2) is 65.2 Å². The molecule has 2 aromatic heterocycles. The summed E-state index contributed by atoms with van der Waals surface area (Å²) >= 11 is 3.23. The van der Waals surface area contributed by atoms with Crippen LogP contribution in [0.5, 0.6) is 0 Å². The van der Waals surface area contributed by atoms with Gasteiger partial charge in [-0.05, 0) is 41.3 Å². The summed E-state index contributed by atoms with van der Waals surface area (Å²) in [6.07, 6.45) is 3.45. The minimum absolute atomic E-state index is 0.142. The molecule has 0 saturated carbocycles. The fourth-order valence-electron chi connectivity index (χ4n) is 2.64. The van der Waals surface area contributed by atoms with Crippen LogP contribution in [0.3, 0.4) is 0 Å². The van der Waals surface area contributed by atoms with Gasteiger partial charge in [-0.15, -0.1) is 23.1 Å². The molecule has 5 nitrogen and oxygen atoms in total. The summed E-state index contributed by atoms with van der Waals surface area (Å²) in [4.78, 5) is 22.3. The van der Waals surface area contributed by atoms with E-state index in [1.54, 1.807) is 35.5 Å². The van der Waals surface area contributed by atoms with Crippen LogP contribution in [-0.2, 0) is 4.79 Å².